The topological polar surface area (TPSA) is 48.1 Å². The van der Waals surface area contributed by atoms with Crippen molar-refractivity contribution in [2.45, 2.75) is 0 Å². The number of pyridine rings is 1. The van der Waals surface area contributed by atoms with E-state index in [0.717, 1.165) is 0 Å². The van der Waals surface area contributed by atoms with E-state index in [0.29, 0.717) is 10.4 Å². The predicted molar refractivity (Wildman–Crippen MR) is 72.5 cm³/mol. The predicted octanol–water partition coefficient (Wildman–Crippen LogP) is 2.99. The van der Waals surface area contributed by atoms with Crippen molar-refractivity contribution >= 4 is 35.6 Å². The van der Waals surface area contributed by atoms with Crippen molar-refractivity contribution in [1.29, 1.82) is 0 Å². The Kier molecular flexibility index (Phi) is 3.41. The average molecular weight is 283 g/mol. The lowest BCUT2D eigenvalue weighted by molar-refractivity contribution is -0.349. The van der Waals surface area contributed by atoms with Gasteiger partial charge in [-0.2, -0.15) is 4.74 Å². The van der Waals surface area contributed by atoms with Crippen LogP contribution < -0.4 is 5.56 Å². The zero-order valence-corrected chi connectivity index (χ0v) is 10.6. The molecule has 2 aromatic rings. The van der Waals surface area contributed by atoms with E-state index in [1.165, 1.54) is 22.8 Å². The van der Waals surface area contributed by atoms with Gasteiger partial charge in [-0.25, -0.2) is 0 Å². The second-order valence-corrected chi connectivity index (χ2v) is 4.36. The number of hydrogen-bond acceptors (Lipinski definition) is 2. The van der Waals surface area contributed by atoms with E-state index in [9.17, 15) is 10.0 Å². The maximum Gasteiger partial charge on any atom is 0.255 e. The van der Waals surface area contributed by atoms with Crippen molar-refractivity contribution in [3.05, 3.63) is 62.1 Å². The van der Waals surface area contributed by atoms with Crippen molar-refractivity contribution in [1.82, 2.24) is 4.57 Å². The van der Waals surface area contributed by atoms with Gasteiger partial charge in [0.05, 0.1) is 15.7 Å². The third-order valence-corrected chi connectivity index (χ3v) is 2.93. The van der Waals surface area contributed by atoms with Gasteiger partial charge < -0.3 is 5.21 Å². The van der Waals surface area contributed by atoms with Crippen molar-refractivity contribution in [3.8, 4) is 5.69 Å². The fourth-order valence-electron chi connectivity index (χ4n) is 1.54. The number of rotatable bonds is 2. The molecule has 0 bridgehead atoms. The van der Waals surface area contributed by atoms with Crippen LogP contribution in [0, 0.1) is 5.21 Å². The molecule has 18 heavy (non-hydrogen) atoms. The molecule has 6 heteroatoms. The molecular formula is C12H8Cl2N2O2. The van der Waals surface area contributed by atoms with Gasteiger partial charge in [0.2, 0.25) is 5.69 Å². The van der Waals surface area contributed by atoms with E-state index >= 15 is 0 Å². The molecule has 0 amide bonds. The highest BCUT2D eigenvalue weighted by atomic mass is 35.5. The highest BCUT2D eigenvalue weighted by molar-refractivity contribution is 6.38. The largest absolute Gasteiger partial charge is 0.619 e. The Morgan fingerprint density at radius 3 is 2.33 bits per heavy atom. The molecule has 0 aliphatic heterocycles. The van der Waals surface area contributed by atoms with Gasteiger partial charge in [-0.1, -0.05) is 29.3 Å². The van der Waals surface area contributed by atoms with Crippen LogP contribution in [0.5, 0.6) is 0 Å². The van der Waals surface area contributed by atoms with Crippen LogP contribution in [-0.2, 0) is 0 Å². The first kappa shape index (κ1) is 12.7. The summed E-state index contributed by atoms with van der Waals surface area (Å²) < 4.78 is 1.71. The molecule has 0 spiro atoms. The average Bonchev–Trinajstić information content (AvgIpc) is 2.30. The van der Waals surface area contributed by atoms with E-state index in [4.69, 9.17) is 23.2 Å². The van der Waals surface area contributed by atoms with Crippen LogP contribution in [0.1, 0.15) is 0 Å². The van der Waals surface area contributed by atoms with Crippen molar-refractivity contribution in [2.24, 2.45) is 0 Å². The Morgan fingerprint density at radius 1 is 1.22 bits per heavy atom. The fraction of sp³-hybridized carbons (Fsp3) is 0. The van der Waals surface area contributed by atoms with Crippen molar-refractivity contribution < 1.29 is 4.74 Å². The van der Waals surface area contributed by atoms with E-state index in [-0.39, 0.29) is 21.3 Å². The van der Waals surface area contributed by atoms with Gasteiger partial charge in [0, 0.05) is 24.4 Å². The standard InChI is InChI=1S/C12H8Cl2N2O2/c1-15(18)8-6-9(13)12(10(14)7-8)16-5-3-2-4-11(16)17/h2-7H,1H2. The zero-order valence-electron chi connectivity index (χ0n) is 9.14. The minimum absolute atomic E-state index is 0.204. The number of halogens is 2. The summed E-state index contributed by atoms with van der Waals surface area (Å²) in [5.74, 6) is 0. The van der Waals surface area contributed by atoms with Crippen LogP contribution in [0.3, 0.4) is 0 Å². The van der Waals surface area contributed by atoms with Gasteiger partial charge in [0.1, 0.15) is 6.72 Å². The van der Waals surface area contributed by atoms with E-state index in [1.807, 2.05) is 0 Å². The Labute approximate surface area is 113 Å². The second kappa shape index (κ2) is 4.84. The molecule has 2 rings (SSSR count). The third kappa shape index (κ3) is 2.25. The molecule has 92 valence electrons. The lowest BCUT2D eigenvalue weighted by Crippen LogP contribution is -2.16. The maximum absolute atomic E-state index is 11.7. The van der Waals surface area contributed by atoms with E-state index in [1.54, 1.807) is 18.3 Å². The van der Waals surface area contributed by atoms with E-state index in [2.05, 4.69) is 6.72 Å². The monoisotopic (exact) mass is 282 g/mol. The molecule has 0 atom stereocenters. The highest BCUT2D eigenvalue weighted by Crippen LogP contribution is 2.32. The van der Waals surface area contributed by atoms with Gasteiger partial charge in [0.25, 0.3) is 5.56 Å². The van der Waals surface area contributed by atoms with Gasteiger partial charge in [-0.3, -0.25) is 9.36 Å². The Hall–Kier alpha value is -1.78. The fourth-order valence-corrected chi connectivity index (χ4v) is 2.20. The summed E-state index contributed by atoms with van der Waals surface area (Å²) in [6.45, 7) is 3.20. The molecule has 0 radical (unpaired) electrons. The molecule has 4 nitrogen and oxygen atoms in total. The summed E-state index contributed by atoms with van der Waals surface area (Å²) in [6.07, 6.45) is 1.55. The molecule has 1 aromatic carbocycles. The molecule has 0 saturated carbocycles. The number of aromatic nitrogens is 1. The first-order chi connectivity index (χ1) is 8.50. The molecule has 0 aliphatic rings. The van der Waals surface area contributed by atoms with Crippen LogP contribution in [0.2, 0.25) is 10.0 Å². The Morgan fingerprint density at radius 2 is 1.83 bits per heavy atom. The molecule has 0 N–H and O–H groups in total. The van der Waals surface area contributed by atoms with Crippen LogP contribution in [0.25, 0.3) is 5.69 Å². The first-order valence-corrected chi connectivity index (χ1v) is 5.71. The molecule has 0 saturated heterocycles. The zero-order chi connectivity index (χ0) is 13.3. The van der Waals surface area contributed by atoms with Gasteiger partial charge >= 0.3 is 0 Å². The molecule has 1 heterocycles. The first-order valence-electron chi connectivity index (χ1n) is 4.95. The lowest BCUT2D eigenvalue weighted by Gasteiger charge is -2.10. The normalized spacial score (nSPS) is 10.3. The quantitative estimate of drug-likeness (QED) is 0.368. The van der Waals surface area contributed by atoms with E-state index < -0.39 is 0 Å². The number of benzene rings is 1. The maximum atomic E-state index is 11.7. The number of hydrogen-bond donors (Lipinski definition) is 0. The highest BCUT2D eigenvalue weighted by Gasteiger charge is 2.14. The summed E-state index contributed by atoms with van der Waals surface area (Å²) in [6, 6.07) is 7.50. The minimum Gasteiger partial charge on any atom is -0.619 e. The van der Waals surface area contributed by atoms with Gasteiger partial charge in [-0.15, -0.1) is 0 Å². The van der Waals surface area contributed by atoms with Crippen LogP contribution in [0.15, 0.2) is 41.3 Å². The Balaban J connectivity index is 2.71. The summed E-state index contributed by atoms with van der Waals surface area (Å²) in [7, 11) is 0. The number of nitrogens with zero attached hydrogens (tertiary/aromatic N) is 2. The summed E-state index contributed by atoms with van der Waals surface area (Å²) in [5, 5.41) is 11.5. The Bertz CT molecular complexity index is 657. The SMILES string of the molecule is C=[N+]([O-])c1cc(Cl)c(-n2ccccc2=O)c(Cl)c1. The lowest BCUT2D eigenvalue weighted by atomic mass is 10.2. The van der Waals surface area contributed by atoms with Crippen molar-refractivity contribution in [2.75, 3.05) is 0 Å². The summed E-state index contributed by atoms with van der Waals surface area (Å²) >= 11 is 12.1. The molecular weight excluding hydrogens is 275 g/mol. The summed E-state index contributed by atoms with van der Waals surface area (Å²) in [5.41, 5.74) is 0.301. The van der Waals surface area contributed by atoms with Gasteiger partial charge in [-0.05, 0) is 6.07 Å². The molecule has 0 aliphatic carbocycles. The molecule has 0 fully saturated rings. The van der Waals surface area contributed by atoms with Gasteiger partial charge in [0.15, 0.2) is 0 Å². The van der Waals surface area contributed by atoms with Crippen molar-refractivity contribution in [3.63, 3.8) is 0 Å². The van der Waals surface area contributed by atoms with Crippen LogP contribution >= 0.6 is 23.2 Å². The molecule has 0 unspecified atom stereocenters. The van der Waals surface area contributed by atoms with Crippen LogP contribution in [-0.4, -0.2) is 16.0 Å². The third-order valence-electron chi connectivity index (χ3n) is 2.35. The smallest absolute Gasteiger partial charge is 0.255 e. The second-order valence-electron chi connectivity index (χ2n) is 3.55. The van der Waals surface area contributed by atoms with Crippen LogP contribution in [0.4, 0.5) is 5.69 Å². The summed E-state index contributed by atoms with van der Waals surface area (Å²) in [4.78, 5) is 11.7. The molecule has 1 aromatic heterocycles. The minimum atomic E-state index is -0.261.